The van der Waals surface area contributed by atoms with Crippen molar-refractivity contribution in [3.8, 4) is 11.1 Å². The molecule has 13 nitrogen and oxygen atoms in total. The van der Waals surface area contributed by atoms with Gasteiger partial charge in [-0.05, 0) is 42.8 Å². The lowest BCUT2D eigenvalue weighted by molar-refractivity contribution is -0.117. The Kier molecular flexibility index (Phi) is 8.10. The van der Waals surface area contributed by atoms with E-state index in [9.17, 15) is 9.59 Å². The molecule has 0 bridgehead atoms. The van der Waals surface area contributed by atoms with Crippen LogP contribution in [0.4, 0.5) is 23.0 Å². The molecule has 4 radical (unpaired) electrons. The lowest BCUT2D eigenvalue weighted by atomic mass is 9.57. The van der Waals surface area contributed by atoms with Crippen molar-refractivity contribution in [2.45, 2.75) is 43.6 Å². The van der Waals surface area contributed by atoms with Crippen molar-refractivity contribution < 1.29 is 9.59 Å². The molecule has 51 heavy (non-hydrogen) atoms. The van der Waals surface area contributed by atoms with Crippen LogP contribution in [-0.2, 0) is 10.1 Å². The molecule has 4 aromatic heterocycles. The molecule has 3 aliphatic rings. The van der Waals surface area contributed by atoms with Gasteiger partial charge in [0.1, 0.15) is 17.3 Å². The van der Waals surface area contributed by atoms with Gasteiger partial charge >= 0.3 is 0 Å². The van der Waals surface area contributed by atoms with Crippen molar-refractivity contribution >= 4 is 67.8 Å². The van der Waals surface area contributed by atoms with E-state index in [1.165, 1.54) is 4.90 Å². The van der Waals surface area contributed by atoms with Crippen LogP contribution < -0.4 is 15.5 Å². The van der Waals surface area contributed by atoms with Crippen LogP contribution in [0.1, 0.15) is 60.1 Å². The molecule has 1 saturated carbocycles. The van der Waals surface area contributed by atoms with Gasteiger partial charge in [0.15, 0.2) is 10.8 Å². The van der Waals surface area contributed by atoms with Gasteiger partial charge < -0.3 is 25.3 Å². The number of carbonyl (C=O) groups is 2. The van der Waals surface area contributed by atoms with Gasteiger partial charge in [0, 0.05) is 69.1 Å². The third kappa shape index (κ3) is 5.72. The number of nitrogens with zero attached hydrogens (tertiary/aromatic N) is 9. The fraction of sp³-hybridized carbons (Fsp3) is 0.371. The number of pyridine rings is 1. The van der Waals surface area contributed by atoms with Crippen LogP contribution in [0.25, 0.3) is 16.8 Å². The van der Waals surface area contributed by atoms with Crippen molar-refractivity contribution in [3.63, 3.8) is 0 Å². The second kappa shape index (κ2) is 12.4. The summed E-state index contributed by atoms with van der Waals surface area (Å²) in [7, 11) is 18.8. The number of hydrogen-bond acceptors (Lipinski definition) is 9. The quantitative estimate of drug-likeness (QED) is 0.216. The number of fused-ring (bicyclic) bond motifs is 4. The second-order valence-electron chi connectivity index (χ2n) is 13.8. The maximum atomic E-state index is 12.6. The van der Waals surface area contributed by atoms with Gasteiger partial charge in [-0.15, -0.1) is 0 Å². The maximum Gasteiger partial charge on any atom is 0.271 e. The van der Waals surface area contributed by atoms with E-state index in [1.54, 1.807) is 48.9 Å². The summed E-state index contributed by atoms with van der Waals surface area (Å²) in [6.45, 7) is 3.29. The van der Waals surface area contributed by atoms with Gasteiger partial charge in [0.2, 0.25) is 5.91 Å². The molecule has 6 heterocycles. The van der Waals surface area contributed by atoms with Crippen molar-refractivity contribution in [2.75, 3.05) is 49.8 Å². The average molecular weight is 700 g/mol. The second-order valence-corrected chi connectivity index (χ2v) is 14.2. The third-order valence-corrected chi connectivity index (χ3v) is 10.2. The summed E-state index contributed by atoms with van der Waals surface area (Å²) in [6.07, 6.45) is 4.56. The Morgan fingerprint density at radius 3 is 2.55 bits per heavy atom. The fourth-order valence-electron chi connectivity index (χ4n) is 7.14. The lowest BCUT2D eigenvalue weighted by Crippen LogP contribution is -2.60. The number of carbonyl (C=O) groups excluding carboxylic acids is 2. The Bertz CT molecular complexity index is 2190. The normalized spacial score (nSPS) is 17.5. The van der Waals surface area contributed by atoms with E-state index in [0.29, 0.717) is 46.9 Å². The molecule has 2 fully saturated rings. The van der Waals surface area contributed by atoms with Crippen LogP contribution in [0.5, 0.6) is 0 Å². The summed E-state index contributed by atoms with van der Waals surface area (Å²) in [4.78, 5) is 40.0. The molecule has 1 aromatic carbocycles. The molecule has 2 amide bonds. The lowest BCUT2D eigenvalue weighted by Gasteiger charge is -2.50. The Morgan fingerprint density at radius 2 is 1.82 bits per heavy atom. The summed E-state index contributed by atoms with van der Waals surface area (Å²) in [6, 6.07) is 14.8. The fourth-order valence-corrected chi connectivity index (χ4v) is 7.32. The van der Waals surface area contributed by atoms with Crippen molar-refractivity contribution in [1.82, 2.24) is 39.2 Å². The summed E-state index contributed by atoms with van der Waals surface area (Å²) < 4.78 is 3.75. The first-order chi connectivity index (χ1) is 24.4. The van der Waals surface area contributed by atoms with E-state index in [-0.39, 0.29) is 29.8 Å². The minimum Gasteiger partial charge on any atom is -0.364 e. The molecule has 5 aromatic rings. The van der Waals surface area contributed by atoms with Gasteiger partial charge in [0.05, 0.1) is 51.0 Å². The van der Waals surface area contributed by atoms with Gasteiger partial charge in [0.25, 0.3) is 5.91 Å². The number of nitrogens with one attached hydrogen (secondary N) is 2. The minimum absolute atomic E-state index is 0.0212. The number of benzene rings is 1. The Labute approximate surface area is 303 Å². The van der Waals surface area contributed by atoms with E-state index >= 15 is 0 Å². The molecule has 2 N–H and O–H groups in total. The summed E-state index contributed by atoms with van der Waals surface area (Å²) in [5, 5.41) is 14.8. The highest BCUT2D eigenvalue weighted by Gasteiger charge is 2.43. The summed E-state index contributed by atoms with van der Waals surface area (Å²) in [5.41, 5.74) is 6.33. The molecule has 1 atom stereocenters. The molecular formula is C35H36B2ClN11O2. The topological polar surface area (TPSA) is 129 Å². The molecule has 2 aliphatic heterocycles. The monoisotopic (exact) mass is 699 g/mol. The zero-order valence-corrected chi connectivity index (χ0v) is 29.6. The number of amides is 2. The van der Waals surface area contributed by atoms with Gasteiger partial charge in [-0.25, -0.2) is 9.97 Å². The smallest absolute Gasteiger partial charge is 0.271 e. The molecule has 256 valence electrons. The standard InChI is InChI=1S/C35H36B2ClN11O2/c1-5-25-32-22(16-39-48(32)20-17-47(18-20)35(36,37)26-11-7-10-24(40-26)34(51)45(2)3)21-8-6-9-23(31(21)46(25)4)41-30-15-28(43-33(50)19-12-13-19)42-29-14-27(38)44-49(29)30/h6-11,14-16,19-20,25,41H,5,12-13,17-18H2,1-4H3,(H,42,43,50). The maximum absolute atomic E-state index is 12.6. The predicted octanol–water partition coefficient (Wildman–Crippen LogP) is 4.34. The minimum atomic E-state index is -1.36. The Balaban J connectivity index is 1.09. The van der Waals surface area contributed by atoms with E-state index in [1.807, 2.05) is 23.2 Å². The number of aromatic nitrogens is 6. The number of likely N-dealkylation sites (tertiary alicyclic amines) is 1. The molecule has 1 unspecified atom stereocenters. The van der Waals surface area contributed by atoms with Gasteiger partial charge in [-0.1, -0.05) is 36.7 Å². The molecule has 0 spiro atoms. The predicted molar refractivity (Wildman–Crippen MR) is 198 cm³/mol. The molecule has 1 saturated heterocycles. The molecule has 8 rings (SSSR count). The summed E-state index contributed by atoms with van der Waals surface area (Å²) >= 11 is 6.31. The molecule has 1 aliphatic carbocycles. The van der Waals surface area contributed by atoms with Gasteiger partial charge in [-0.2, -0.15) is 14.7 Å². The van der Waals surface area contributed by atoms with Crippen LogP contribution in [0, 0.1) is 5.92 Å². The van der Waals surface area contributed by atoms with Crippen LogP contribution in [-0.4, -0.2) is 101 Å². The first kappa shape index (κ1) is 33.3. The van der Waals surface area contributed by atoms with Crippen molar-refractivity contribution in [2.24, 2.45) is 5.92 Å². The molecule has 16 heteroatoms. The Hall–Kier alpha value is -4.88. The average Bonchev–Trinajstić information content (AvgIpc) is 3.75. The number of anilines is 4. The zero-order valence-electron chi connectivity index (χ0n) is 28.8. The van der Waals surface area contributed by atoms with Crippen LogP contribution >= 0.6 is 11.6 Å². The van der Waals surface area contributed by atoms with Crippen LogP contribution in [0.15, 0.2) is 54.7 Å². The van der Waals surface area contributed by atoms with Crippen LogP contribution in [0.2, 0.25) is 5.15 Å². The van der Waals surface area contributed by atoms with E-state index in [4.69, 9.17) is 32.4 Å². The first-order valence-corrected chi connectivity index (χ1v) is 17.4. The number of hydrogen-bond donors (Lipinski definition) is 2. The van der Waals surface area contributed by atoms with Crippen LogP contribution in [0.3, 0.4) is 0 Å². The van der Waals surface area contributed by atoms with E-state index < -0.39 is 5.34 Å². The van der Waals surface area contributed by atoms with Crippen molar-refractivity contribution in [3.05, 3.63) is 77.0 Å². The third-order valence-electron chi connectivity index (χ3n) is 10.1. The number of halogens is 1. The number of para-hydroxylation sites is 1. The highest BCUT2D eigenvalue weighted by atomic mass is 35.5. The van der Waals surface area contributed by atoms with E-state index in [0.717, 1.165) is 47.5 Å². The highest BCUT2D eigenvalue weighted by molar-refractivity contribution is 6.39. The summed E-state index contributed by atoms with van der Waals surface area (Å²) in [5.74, 6) is 0.838. The zero-order chi connectivity index (χ0) is 35.8. The largest absolute Gasteiger partial charge is 0.364 e. The van der Waals surface area contributed by atoms with E-state index in [2.05, 4.69) is 55.3 Å². The highest BCUT2D eigenvalue weighted by Crippen LogP contribution is 2.50. The Morgan fingerprint density at radius 1 is 1.06 bits per heavy atom. The SMILES string of the molecule is [B]C([B])(c1cccc(C(=O)N(C)C)n1)N1CC(n2ncc3c2C(CC)N(C)c2c(Nc4cc(NC(=O)C5CC5)nc5cc(Cl)nn45)cccc2-3)C1. The first-order valence-electron chi connectivity index (χ1n) is 17.0. The van der Waals surface area contributed by atoms with Crippen molar-refractivity contribution in [1.29, 1.82) is 0 Å². The van der Waals surface area contributed by atoms with Gasteiger partial charge in [-0.3, -0.25) is 14.3 Å². The number of rotatable bonds is 9. The molecular weight excluding hydrogens is 664 g/mol.